The Kier molecular flexibility index (Phi) is 12.0. The fourth-order valence-corrected chi connectivity index (χ4v) is 1.28. The van der Waals surface area contributed by atoms with E-state index in [1.165, 1.54) is 12.8 Å². The van der Waals surface area contributed by atoms with Crippen molar-refractivity contribution in [1.29, 1.82) is 0 Å². The minimum Gasteiger partial charge on any atom is -0.380 e. The van der Waals surface area contributed by atoms with E-state index >= 15 is 0 Å². The van der Waals surface area contributed by atoms with Gasteiger partial charge in [0.1, 0.15) is 0 Å². The van der Waals surface area contributed by atoms with Gasteiger partial charge in [0, 0.05) is 19.5 Å². The second-order valence-corrected chi connectivity index (χ2v) is 3.77. The minimum atomic E-state index is 0.0968. The van der Waals surface area contributed by atoms with Gasteiger partial charge < -0.3 is 15.4 Å². The molecule has 0 bridgehead atoms. The van der Waals surface area contributed by atoms with Gasteiger partial charge in [-0.15, -0.1) is 0 Å². The van der Waals surface area contributed by atoms with Crippen LogP contribution < -0.4 is 10.6 Å². The Balaban J connectivity index is 3.11. The zero-order valence-electron chi connectivity index (χ0n) is 10.7. The van der Waals surface area contributed by atoms with Crippen LogP contribution in [0.4, 0.5) is 0 Å². The molecule has 0 rings (SSSR count). The van der Waals surface area contributed by atoms with E-state index in [1.54, 1.807) is 0 Å². The van der Waals surface area contributed by atoms with Crippen molar-refractivity contribution in [3.8, 4) is 0 Å². The van der Waals surface area contributed by atoms with E-state index < -0.39 is 0 Å². The summed E-state index contributed by atoms with van der Waals surface area (Å²) in [5.41, 5.74) is 0. The Morgan fingerprint density at radius 3 is 2.62 bits per heavy atom. The van der Waals surface area contributed by atoms with Crippen molar-refractivity contribution >= 4 is 5.91 Å². The molecule has 1 amide bonds. The van der Waals surface area contributed by atoms with Crippen molar-refractivity contribution in [1.82, 2.24) is 10.6 Å². The van der Waals surface area contributed by atoms with E-state index in [4.69, 9.17) is 4.74 Å². The summed E-state index contributed by atoms with van der Waals surface area (Å²) in [6.45, 7) is 8.02. The second-order valence-electron chi connectivity index (χ2n) is 3.77. The summed E-state index contributed by atoms with van der Waals surface area (Å²) in [4.78, 5) is 11.3. The van der Waals surface area contributed by atoms with E-state index in [-0.39, 0.29) is 5.91 Å². The highest BCUT2D eigenvalue weighted by Crippen LogP contribution is 1.91. The molecule has 0 heterocycles. The van der Waals surface area contributed by atoms with Crippen LogP contribution in [0.1, 0.15) is 39.5 Å². The van der Waals surface area contributed by atoms with E-state index in [0.717, 1.165) is 26.1 Å². The van der Waals surface area contributed by atoms with Crippen LogP contribution in [0.2, 0.25) is 0 Å². The standard InChI is InChI=1S/C12H26N2O2/c1-3-5-6-8-14-12(15)7-10-16-11-9-13-4-2/h13H,3-11H2,1-2H3,(H,14,15). The van der Waals surface area contributed by atoms with Gasteiger partial charge >= 0.3 is 0 Å². The lowest BCUT2D eigenvalue weighted by atomic mass is 10.2. The normalized spacial score (nSPS) is 10.4. The lowest BCUT2D eigenvalue weighted by Gasteiger charge is -2.06. The average molecular weight is 230 g/mol. The maximum absolute atomic E-state index is 11.3. The third kappa shape index (κ3) is 11.5. The van der Waals surface area contributed by atoms with Crippen LogP contribution in [0.25, 0.3) is 0 Å². The van der Waals surface area contributed by atoms with Gasteiger partial charge in [0.25, 0.3) is 0 Å². The summed E-state index contributed by atoms with van der Waals surface area (Å²) in [6.07, 6.45) is 3.91. The zero-order valence-corrected chi connectivity index (χ0v) is 10.7. The van der Waals surface area contributed by atoms with Crippen molar-refractivity contribution < 1.29 is 9.53 Å². The van der Waals surface area contributed by atoms with Gasteiger partial charge in [0.2, 0.25) is 5.91 Å². The molecule has 96 valence electrons. The van der Waals surface area contributed by atoms with Crippen LogP contribution in [0.5, 0.6) is 0 Å². The highest BCUT2D eigenvalue weighted by molar-refractivity contribution is 5.75. The Hall–Kier alpha value is -0.610. The number of hydrogen-bond donors (Lipinski definition) is 2. The fraction of sp³-hybridized carbons (Fsp3) is 0.917. The molecular weight excluding hydrogens is 204 g/mol. The van der Waals surface area contributed by atoms with Crippen molar-refractivity contribution in [2.75, 3.05) is 32.8 Å². The number of likely N-dealkylation sites (N-methyl/N-ethyl adjacent to an activating group) is 1. The molecule has 0 saturated carbocycles. The highest BCUT2D eigenvalue weighted by atomic mass is 16.5. The summed E-state index contributed by atoms with van der Waals surface area (Å²) in [5.74, 6) is 0.0968. The number of unbranched alkanes of at least 4 members (excludes halogenated alkanes) is 2. The van der Waals surface area contributed by atoms with Crippen molar-refractivity contribution in [2.45, 2.75) is 39.5 Å². The predicted molar refractivity (Wildman–Crippen MR) is 66.5 cm³/mol. The first-order valence-corrected chi connectivity index (χ1v) is 6.36. The Morgan fingerprint density at radius 2 is 1.94 bits per heavy atom. The smallest absolute Gasteiger partial charge is 0.222 e. The first kappa shape index (κ1) is 15.4. The molecule has 0 spiro atoms. The Morgan fingerprint density at radius 1 is 1.12 bits per heavy atom. The van der Waals surface area contributed by atoms with E-state index in [1.807, 2.05) is 0 Å². The van der Waals surface area contributed by atoms with Gasteiger partial charge in [-0.2, -0.15) is 0 Å². The zero-order chi connectivity index (χ0) is 12.1. The molecule has 0 unspecified atom stereocenters. The molecule has 4 nitrogen and oxygen atoms in total. The molecule has 0 aromatic carbocycles. The molecule has 0 saturated heterocycles. The molecule has 0 fully saturated rings. The molecule has 0 atom stereocenters. The van der Waals surface area contributed by atoms with Gasteiger partial charge in [0.05, 0.1) is 13.2 Å². The van der Waals surface area contributed by atoms with Gasteiger partial charge in [0.15, 0.2) is 0 Å². The van der Waals surface area contributed by atoms with Gasteiger partial charge in [-0.05, 0) is 13.0 Å². The first-order valence-electron chi connectivity index (χ1n) is 6.36. The van der Waals surface area contributed by atoms with E-state index in [2.05, 4.69) is 24.5 Å². The number of rotatable bonds is 11. The van der Waals surface area contributed by atoms with Crippen LogP contribution in [-0.4, -0.2) is 38.8 Å². The molecule has 0 aliphatic heterocycles. The average Bonchev–Trinajstić information content (AvgIpc) is 2.29. The third-order valence-corrected chi connectivity index (χ3v) is 2.25. The molecule has 16 heavy (non-hydrogen) atoms. The molecule has 0 aliphatic rings. The first-order chi connectivity index (χ1) is 7.81. The maximum Gasteiger partial charge on any atom is 0.222 e. The van der Waals surface area contributed by atoms with Crippen LogP contribution in [0.3, 0.4) is 0 Å². The Labute approximate surface area is 99.1 Å². The van der Waals surface area contributed by atoms with Crippen LogP contribution in [0, 0.1) is 0 Å². The fourth-order valence-electron chi connectivity index (χ4n) is 1.28. The van der Waals surface area contributed by atoms with Gasteiger partial charge in [-0.1, -0.05) is 26.7 Å². The van der Waals surface area contributed by atoms with Crippen molar-refractivity contribution in [3.05, 3.63) is 0 Å². The number of amides is 1. The summed E-state index contributed by atoms with van der Waals surface area (Å²) in [7, 11) is 0. The van der Waals surface area contributed by atoms with Crippen LogP contribution >= 0.6 is 0 Å². The quantitative estimate of drug-likeness (QED) is 0.526. The summed E-state index contributed by atoms with van der Waals surface area (Å²) >= 11 is 0. The van der Waals surface area contributed by atoms with E-state index in [9.17, 15) is 4.79 Å². The predicted octanol–water partition coefficient (Wildman–Crippen LogP) is 1.31. The summed E-state index contributed by atoms with van der Waals surface area (Å²) in [5, 5.41) is 6.04. The number of carbonyl (C=O) groups is 1. The third-order valence-electron chi connectivity index (χ3n) is 2.25. The molecule has 0 radical (unpaired) electrons. The summed E-state index contributed by atoms with van der Waals surface area (Å²) < 4.78 is 5.31. The minimum absolute atomic E-state index is 0.0968. The maximum atomic E-state index is 11.3. The van der Waals surface area contributed by atoms with Gasteiger partial charge in [-0.25, -0.2) is 0 Å². The second kappa shape index (κ2) is 12.5. The largest absolute Gasteiger partial charge is 0.380 e. The molecule has 4 heteroatoms. The number of ether oxygens (including phenoxy) is 1. The van der Waals surface area contributed by atoms with Crippen molar-refractivity contribution in [3.63, 3.8) is 0 Å². The topological polar surface area (TPSA) is 50.4 Å². The lowest BCUT2D eigenvalue weighted by Crippen LogP contribution is -2.26. The summed E-state index contributed by atoms with van der Waals surface area (Å²) in [6, 6.07) is 0. The molecule has 2 N–H and O–H groups in total. The number of carbonyl (C=O) groups excluding carboxylic acids is 1. The molecular formula is C12H26N2O2. The number of nitrogens with one attached hydrogen (secondary N) is 2. The molecule has 0 aliphatic carbocycles. The molecule has 0 aromatic heterocycles. The highest BCUT2D eigenvalue weighted by Gasteiger charge is 1.99. The van der Waals surface area contributed by atoms with Crippen LogP contribution in [-0.2, 0) is 9.53 Å². The van der Waals surface area contributed by atoms with Crippen molar-refractivity contribution in [2.24, 2.45) is 0 Å². The number of hydrogen-bond acceptors (Lipinski definition) is 3. The Bertz CT molecular complexity index is 163. The van der Waals surface area contributed by atoms with E-state index in [0.29, 0.717) is 19.6 Å². The lowest BCUT2D eigenvalue weighted by molar-refractivity contribution is -0.122. The van der Waals surface area contributed by atoms with Crippen LogP contribution in [0.15, 0.2) is 0 Å². The monoisotopic (exact) mass is 230 g/mol. The SMILES string of the molecule is CCCCCNC(=O)CCOCCNCC. The molecule has 0 aromatic rings. The van der Waals surface area contributed by atoms with Gasteiger partial charge in [-0.3, -0.25) is 4.79 Å².